The Kier molecular flexibility index (Phi) is 4.43. The summed E-state index contributed by atoms with van der Waals surface area (Å²) >= 11 is 5.85. The van der Waals surface area contributed by atoms with E-state index in [2.05, 4.69) is 20.3 Å². The van der Waals surface area contributed by atoms with E-state index < -0.39 is 0 Å². The van der Waals surface area contributed by atoms with Crippen LogP contribution in [0, 0.1) is 0 Å². The third kappa shape index (κ3) is 3.78. The zero-order chi connectivity index (χ0) is 16.2. The van der Waals surface area contributed by atoms with Crippen molar-refractivity contribution in [2.75, 3.05) is 0 Å². The Morgan fingerprint density at radius 2 is 2.17 bits per heavy atom. The summed E-state index contributed by atoms with van der Waals surface area (Å²) in [6.07, 6.45) is 4.99. The van der Waals surface area contributed by atoms with Gasteiger partial charge in [0.15, 0.2) is 0 Å². The number of carbonyl (C=O) groups excluding carboxylic acids is 1. The van der Waals surface area contributed by atoms with Crippen LogP contribution in [-0.4, -0.2) is 20.9 Å². The number of amides is 1. The lowest BCUT2D eigenvalue weighted by Gasteiger charge is -2.10. The summed E-state index contributed by atoms with van der Waals surface area (Å²) in [7, 11) is 0. The van der Waals surface area contributed by atoms with Crippen molar-refractivity contribution >= 4 is 17.5 Å². The average molecular weight is 331 g/mol. The molecular formula is C16H15ClN4O2. The van der Waals surface area contributed by atoms with Gasteiger partial charge in [0.05, 0.1) is 18.2 Å². The summed E-state index contributed by atoms with van der Waals surface area (Å²) in [6.45, 7) is 1.86. The fraction of sp³-hybridized carbons (Fsp3) is 0.188. The second kappa shape index (κ2) is 6.66. The highest BCUT2D eigenvalue weighted by Gasteiger charge is 2.14. The molecule has 0 fully saturated rings. The van der Waals surface area contributed by atoms with Gasteiger partial charge in [-0.25, -0.2) is 9.97 Å². The van der Waals surface area contributed by atoms with Crippen molar-refractivity contribution in [2.24, 2.45) is 0 Å². The molecule has 2 N–H and O–H groups in total. The summed E-state index contributed by atoms with van der Waals surface area (Å²) in [5.41, 5.74) is 1.38. The van der Waals surface area contributed by atoms with Crippen LogP contribution < -0.4 is 5.32 Å². The van der Waals surface area contributed by atoms with Crippen LogP contribution in [0.25, 0.3) is 11.5 Å². The number of carbonyl (C=O) groups is 1. The van der Waals surface area contributed by atoms with Crippen molar-refractivity contribution in [1.29, 1.82) is 0 Å². The molecule has 23 heavy (non-hydrogen) atoms. The van der Waals surface area contributed by atoms with E-state index in [1.54, 1.807) is 24.5 Å². The third-order valence-corrected chi connectivity index (χ3v) is 3.54. The zero-order valence-corrected chi connectivity index (χ0v) is 13.2. The Hall–Kier alpha value is -2.60. The molecule has 6 nitrogen and oxygen atoms in total. The fourth-order valence-corrected chi connectivity index (χ4v) is 2.28. The molecule has 3 rings (SSSR count). The number of hydrogen-bond donors (Lipinski definition) is 2. The van der Waals surface area contributed by atoms with E-state index in [9.17, 15) is 4.79 Å². The average Bonchev–Trinajstić information content (AvgIpc) is 3.19. The van der Waals surface area contributed by atoms with Crippen molar-refractivity contribution in [2.45, 2.75) is 19.4 Å². The van der Waals surface area contributed by atoms with Gasteiger partial charge in [0, 0.05) is 23.0 Å². The minimum Gasteiger partial charge on any atom is -0.444 e. The van der Waals surface area contributed by atoms with Gasteiger partial charge in [-0.15, -0.1) is 0 Å². The first kappa shape index (κ1) is 15.3. The molecule has 1 aromatic carbocycles. The molecular weight excluding hydrogens is 316 g/mol. The van der Waals surface area contributed by atoms with Gasteiger partial charge in [0.1, 0.15) is 12.1 Å². The Balaban J connectivity index is 1.62. The number of aromatic nitrogens is 3. The molecule has 7 heteroatoms. The van der Waals surface area contributed by atoms with Gasteiger partial charge < -0.3 is 14.7 Å². The standard InChI is InChI=1S/C16H15ClN4O2/c1-10(15-18-6-7-19-15)20-14(22)8-13-9-23-16(21-13)11-2-4-12(17)5-3-11/h2-7,9-10H,8H2,1H3,(H,18,19)(H,20,22)/t10-/m0/s1. The molecule has 2 aromatic heterocycles. The monoisotopic (exact) mass is 330 g/mol. The SMILES string of the molecule is C[C@H](NC(=O)Cc1coc(-c2ccc(Cl)cc2)n1)c1ncc[nH]1. The number of rotatable bonds is 5. The van der Waals surface area contributed by atoms with E-state index in [-0.39, 0.29) is 18.4 Å². The molecule has 0 saturated carbocycles. The van der Waals surface area contributed by atoms with Crippen LogP contribution in [-0.2, 0) is 11.2 Å². The molecule has 0 spiro atoms. The number of aromatic amines is 1. The molecule has 118 valence electrons. The first-order chi connectivity index (χ1) is 11.1. The van der Waals surface area contributed by atoms with Gasteiger partial charge in [0.25, 0.3) is 0 Å². The molecule has 0 aliphatic heterocycles. The van der Waals surface area contributed by atoms with Crippen molar-refractivity contribution in [3.05, 3.63) is 59.5 Å². The maximum atomic E-state index is 12.1. The quantitative estimate of drug-likeness (QED) is 0.752. The molecule has 2 heterocycles. The Bertz CT molecular complexity index is 781. The van der Waals surface area contributed by atoms with E-state index >= 15 is 0 Å². The second-order valence-electron chi connectivity index (χ2n) is 5.09. The molecule has 0 saturated heterocycles. The lowest BCUT2D eigenvalue weighted by atomic mass is 10.2. The van der Waals surface area contributed by atoms with Gasteiger partial charge in [-0.05, 0) is 31.2 Å². The van der Waals surface area contributed by atoms with Crippen molar-refractivity contribution < 1.29 is 9.21 Å². The summed E-state index contributed by atoms with van der Waals surface area (Å²) in [5, 5.41) is 3.50. The molecule has 0 unspecified atom stereocenters. The van der Waals surface area contributed by atoms with E-state index in [4.69, 9.17) is 16.0 Å². The number of benzene rings is 1. The largest absolute Gasteiger partial charge is 0.444 e. The first-order valence-corrected chi connectivity index (χ1v) is 7.48. The third-order valence-electron chi connectivity index (χ3n) is 3.29. The predicted molar refractivity (Wildman–Crippen MR) is 85.8 cm³/mol. The minimum atomic E-state index is -0.194. The molecule has 0 radical (unpaired) electrons. The Morgan fingerprint density at radius 3 is 2.87 bits per heavy atom. The highest BCUT2D eigenvalue weighted by atomic mass is 35.5. The van der Waals surface area contributed by atoms with Crippen LogP contribution in [0.15, 0.2) is 47.3 Å². The van der Waals surface area contributed by atoms with Crippen molar-refractivity contribution in [3.8, 4) is 11.5 Å². The number of nitrogens with one attached hydrogen (secondary N) is 2. The van der Waals surface area contributed by atoms with E-state index in [1.165, 1.54) is 6.26 Å². The normalized spacial score (nSPS) is 12.1. The summed E-state index contributed by atoms with van der Waals surface area (Å²) < 4.78 is 5.42. The van der Waals surface area contributed by atoms with Crippen molar-refractivity contribution in [1.82, 2.24) is 20.3 Å². The van der Waals surface area contributed by atoms with Crippen LogP contribution >= 0.6 is 11.6 Å². The van der Waals surface area contributed by atoms with Gasteiger partial charge in [-0.2, -0.15) is 0 Å². The summed E-state index contributed by atoms with van der Waals surface area (Å²) in [4.78, 5) is 23.5. The van der Waals surface area contributed by atoms with Crippen LogP contribution in [0.1, 0.15) is 24.5 Å². The molecule has 1 amide bonds. The molecule has 1 atom stereocenters. The van der Waals surface area contributed by atoms with Crippen LogP contribution in [0.2, 0.25) is 5.02 Å². The van der Waals surface area contributed by atoms with Gasteiger partial charge >= 0.3 is 0 Å². The maximum Gasteiger partial charge on any atom is 0.226 e. The Morgan fingerprint density at radius 1 is 1.39 bits per heavy atom. The predicted octanol–water partition coefficient (Wildman–Crippen LogP) is 3.14. The van der Waals surface area contributed by atoms with E-state index in [0.717, 1.165) is 5.56 Å². The van der Waals surface area contributed by atoms with Crippen LogP contribution in [0.4, 0.5) is 0 Å². The number of halogens is 1. The summed E-state index contributed by atoms with van der Waals surface area (Å²) in [6, 6.07) is 6.96. The number of H-pyrrole nitrogens is 1. The molecule has 0 bridgehead atoms. The number of oxazole rings is 1. The molecule has 0 aliphatic rings. The Labute approximate surface area is 137 Å². The van der Waals surface area contributed by atoms with Crippen molar-refractivity contribution in [3.63, 3.8) is 0 Å². The topological polar surface area (TPSA) is 83.8 Å². The molecule has 3 aromatic rings. The van der Waals surface area contributed by atoms with Crippen LogP contribution in [0.3, 0.4) is 0 Å². The lowest BCUT2D eigenvalue weighted by Crippen LogP contribution is -2.28. The van der Waals surface area contributed by atoms with Gasteiger partial charge in [-0.3, -0.25) is 4.79 Å². The highest BCUT2D eigenvalue weighted by molar-refractivity contribution is 6.30. The zero-order valence-electron chi connectivity index (χ0n) is 12.4. The second-order valence-corrected chi connectivity index (χ2v) is 5.53. The van der Waals surface area contributed by atoms with E-state index in [0.29, 0.717) is 22.4 Å². The number of nitrogens with zero attached hydrogens (tertiary/aromatic N) is 2. The molecule has 0 aliphatic carbocycles. The number of imidazole rings is 1. The highest BCUT2D eigenvalue weighted by Crippen LogP contribution is 2.21. The number of hydrogen-bond acceptors (Lipinski definition) is 4. The smallest absolute Gasteiger partial charge is 0.226 e. The fourth-order valence-electron chi connectivity index (χ4n) is 2.15. The van der Waals surface area contributed by atoms with Crippen LogP contribution in [0.5, 0.6) is 0 Å². The van der Waals surface area contributed by atoms with Gasteiger partial charge in [0.2, 0.25) is 11.8 Å². The minimum absolute atomic E-state index is 0.141. The van der Waals surface area contributed by atoms with E-state index in [1.807, 2.05) is 19.1 Å². The lowest BCUT2D eigenvalue weighted by molar-refractivity contribution is -0.121. The maximum absolute atomic E-state index is 12.1. The summed E-state index contributed by atoms with van der Waals surface area (Å²) in [5.74, 6) is 1.02. The first-order valence-electron chi connectivity index (χ1n) is 7.11. The van der Waals surface area contributed by atoms with Gasteiger partial charge in [-0.1, -0.05) is 11.6 Å².